The van der Waals surface area contributed by atoms with Gasteiger partial charge in [0.15, 0.2) is 0 Å². The van der Waals surface area contributed by atoms with E-state index >= 15 is 0 Å². The summed E-state index contributed by atoms with van der Waals surface area (Å²) in [6, 6.07) is 0.940. The van der Waals surface area contributed by atoms with Crippen LogP contribution in [0, 0.1) is 5.92 Å². The lowest BCUT2D eigenvalue weighted by Crippen LogP contribution is -2.49. The van der Waals surface area contributed by atoms with Crippen LogP contribution in [-0.2, 0) is 0 Å². The molecule has 1 nitrogen and oxygen atoms in total. The van der Waals surface area contributed by atoms with Crippen LogP contribution < -0.4 is 0 Å². The first-order valence-corrected chi connectivity index (χ1v) is 8.46. The topological polar surface area (TPSA) is 3.24 Å². The zero-order valence-electron chi connectivity index (χ0n) is 12.9. The number of fused-ring (bicyclic) bond motifs is 2. The third kappa shape index (κ3) is 3.10. The van der Waals surface area contributed by atoms with Gasteiger partial charge in [-0.1, -0.05) is 46.0 Å². The van der Waals surface area contributed by atoms with Crippen LogP contribution in [0.25, 0.3) is 0 Å². The molecule has 1 saturated heterocycles. The average molecular weight is 251 g/mol. The summed E-state index contributed by atoms with van der Waals surface area (Å²) in [5, 5.41) is 0. The molecule has 2 bridgehead atoms. The minimum atomic E-state index is 0.506. The number of hydrogen-bond acceptors (Lipinski definition) is 1. The van der Waals surface area contributed by atoms with Crippen molar-refractivity contribution < 1.29 is 0 Å². The smallest absolute Gasteiger partial charge is 0.0181 e. The lowest BCUT2D eigenvalue weighted by Gasteiger charge is -2.44. The highest BCUT2D eigenvalue weighted by molar-refractivity contribution is 4.99. The molecule has 1 saturated carbocycles. The number of hydrogen-bond donors (Lipinski definition) is 0. The maximum Gasteiger partial charge on any atom is 0.0181 e. The summed E-state index contributed by atoms with van der Waals surface area (Å²) in [6.45, 7) is 8.65. The molecule has 2 aliphatic rings. The molecule has 1 aliphatic heterocycles. The van der Waals surface area contributed by atoms with Crippen molar-refractivity contribution in [2.45, 2.75) is 96.6 Å². The van der Waals surface area contributed by atoms with E-state index in [0.717, 1.165) is 12.0 Å². The Kier molecular flexibility index (Phi) is 5.12. The number of rotatable bonds is 8. The lowest BCUT2D eigenvalue weighted by molar-refractivity contribution is 0.0554. The fourth-order valence-corrected chi connectivity index (χ4v) is 4.22. The molecule has 1 heteroatoms. The van der Waals surface area contributed by atoms with Gasteiger partial charge in [-0.25, -0.2) is 0 Å². The van der Waals surface area contributed by atoms with Crippen LogP contribution in [0.3, 0.4) is 0 Å². The second kappa shape index (κ2) is 6.41. The predicted molar refractivity (Wildman–Crippen MR) is 79.9 cm³/mol. The normalized spacial score (nSPS) is 30.8. The van der Waals surface area contributed by atoms with Crippen molar-refractivity contribution in [1.29, 1.82) is 0 Å². The quantitative estimate of drug-likeness (QED) is 0.549. The molecule has 106 valence electrons. The van der Waals surface area contributed by atoms with Gasteiger partial charge in [-0.15, -0.1) is 0 Å². The Morgan fingerprint density at radius 3 is 2.39 bits per heavy atom. The van der Waals surface area contributed by atoms with E-state index in [2.05, 4.69) is 25.7 Å². The monoisotopic (exact) mass is 251 g/mol. The molecule has 2 rings (SSSR count). The average Bonchev–Trinajstić information content (AvgIpc) is 3.00. The van der Waals surface area contributed by atoms with Gasteiger partial charge in [0.2, 0.25) is 0 Å². The summed E-state index contributed by atoms with van der Waals surface area (Å²) in [5.41, 5.74) is 0.506. The summed E-state index contributed by atoms with van der Waals surface area (Å²) >= 11 is 0. The van der Waals surface area contributed by atoms with E-state index in [1.165, 1.54) is 70.8 Å². The largest absolute Gasteiger partial charge is 0.295 e. The molecule has 0 spiro atoms. The molecular formula is C17H33N. The Bertz CT molecular complexity index is 250. The summed E-state index contributed by atoms with van der Waals surface area (Å²) in [6.07, 6.45) is 14.4. The molecule has 2 fully saturated rings. The van der Waals surface area contributed by atoms with Crippen LogP contribution in [0.5, 0.6) is 0 Å². The van der Waals surface area contributed by atoms with Gasteiger partial charge in [0.1, 0.15) is 0 Å². The Hall–Kier alpha value is -0.0400. The van der Waals surface area contributed by atoms with E-state index in [0.29, 0.717) is 5.54 Å². The Labute approximate surface area is 114 Å². The molecule has 18 heavy (non-hydrogen) atoms. The van der Waals surface area contributed by atoms with Crippen molar-refractivity contribution in [3.63, 3.8) is 0 Å². The third-order valence-corrected chi connectivity index (χ3v) is 5.68. The highest BCUT2D eigenvalue weighted by Gasteiger charge is 2.44. The van der Waals surface area contributed by atoms with Crippen LogP contribution in [-0.4, -0.2) is 23.0 Å². The number of unbranched alkanes of at least 4 members (excludes halogenated alkanes) is 4. The molecule has 0 aromatic carbocycles. The van der Waals surface area contributed by atoms with Crippen molar-refractivity contribution in [3.8, 4) is 0 Å². The van der Waals surface area contributed by atoms with Crippen LogP contribution >= 0.6 is 0 Å². The van der Waals surface area contributed by atoms with Gasteiger partial charge in [0.05, 0.1) is 0 Å². The Morgan fingerprint density at radius 2 is 1.83 bits per heavy atom. The van der Waals surface area contributed by atoms with E-state index in [4.69, 9.17) is 0 Å². The molecular weight excluding hydrogens is 218 g/mol. The van der Waals surface area contributed by atoms with Crippen LogP contribution in [0.4, 0.5) is 0 Å². The maximum atomic E-state index is 2.89. The van der Waals surface area contributed by atoms with Gasteiger partial charge >= 0.3 is 0 Å². The van der Waals surface area contributed by atoms with Crippen molar-refractivity contribution in [3.05, 3.63) is 0 Å². The molecule has 0 aromatic rings. The van der Waals surface area contributed by atoms with Crippen LogP contribution in [0.1, 0.15) is 85.0 Å². The lowest BCUT2D eigenvalue weighted by atomic mass is 9.87. The number of piperidine rings is 1. The Morgan fingerprint density at radius 1 is 1.06 bits per heavy atom. The van der Waals surface area contributed by atoms with Gasteiger partial charge in [-0.3, -0.25) is 4.90 Å². The Balaban J connectivity index is 1.78. The van der Waals surface area contributed by atoms with Crippen molar-refractivity contribution in [1.82, 2.24) is 4.90 Å². The molecule has 0 N–H and O–H groups in total. The van der Waals surface area contributed by atoms with Crippen molar-refractivity contribution in [2.75, 3.05) is 6.54 Å². The van der Waals surface area contributed by atoms with Gasteiger partial charge in [0.25, 0.3) is 0 Å². The standard InChI is InChI=1S/C17H33N/c1-4-6-7-8-9-12-17(3,5-2)18-14-15-10-11-16(18)13-15/h15-16H,4-14H2,1-3H3. The first kappa shape index (κ1) is 14.4. The van der Waals surface area contributed by atoms with E-state index in [-0.39, 0.29) is 0 Å². The van der Waals surface area contributed by atoms with E-state index in [1.54, 1.807) is 0 Å². The maximum absolute atomic E-state index is 2.89. The van der Waals surface area contributed by atoms with E-state index in [1.807, 2.05) is 0 Å². The zero-order valence-corrected chi connectivity index (χ0v) is 12.9. The van der Waals surface area contributed by atoms with Crippen LogP contribution in [0.2, 0.25) is 0 Å². The van der Waals surface area contributed by atoms with E-state index in [9.17, 15) is 0 Å². The fourth-order valence-electron chi connectivity index (χ4n) is 4.22. The summed E-state index contributed by atoms with van der Waals surface area (Å²) < 4.78 is 0. The third-order valence-electron chi connectivity index (χ3n) is 5.68. The first-order chi connectivity index (χ1) is 8.69. The predicted octanol–water partition coefficient (Wildman–Crippen LogP) is 5.00. The van der Waals surface area contributed by atoms with Gasteiger partial charge in [-0.2, -0.15) is 0 Å². The van der Waals surface area contributed by atoms with Gasteiger partial charge in [0, 0.05) is 18.1 Å². The van der Waals surface area contributed by atoms with E-state index < -0.39 is 0 Å². The molecule has 3 atom stereocenters. The zero-order chi connectivity index (χ0) is 13.0. The van der Waals surface area contributed by atoms with Gasteiger partial charge < -0.3 is 0 Å². The minimum absolute atomic E-state index is 0.506. The molecule has 3 unspecified atom stereocenters. The minimum Gasteiger partial charge on any atom is -0.295 e. The molecule has 0 aromatic heterocycles. The first-order valence-electron chi connectivity index (χ1n) is 8.46. The molecule has 0 radical (unpaired) electrons. The van der Waals surface area contributed by atoms with Crippen molar-refractivity contribution in [2.24, 2.45) is 5.92 Å². The highest BCUT2D eigenvalue weighted by atomic mass is 15.3. The number of likely N-dealkylation sites (tertiary alicyclic amines) is 1. The van der Waals surface area contributed by atoms with Gasteiger partial charge in [-0.05, 0) is 44.9 Å². The number of nitrogens with zero attached hydrogens (tertiary/aromatic N) is 1. The van der Waals surface area contributed by atoms with Crippen molar-refractivity contribution >= 4 is 0 Å². The van der Waals surface area contributed by atoms with Crippen LogP contribution in [0.15, 0.2) is 0 Å². The SMILES string of the molecule is CCCCCCCC(C)(CC)N1CC2CCC1C2. The molecule has 1 heterocycles. The second-order valence-electron chi connectivity index (χ2n) is 7.00. The summed E-state index contributed by atoms with van der Waals surface area (Å²) in [7, 11) is 0. The molecule has 0 amide bonds. The molecule has 1 aliphatic carbocycles. The summed E-state index contributed by atoms with van der Waals surface area (Å²) in [4.78, 5) is 2.89. The fraction of sp³-hybridized carbons (Fsp3) is 1.00. The summed E-state index contributed by atoms with van der Waals surface area (Å²) in [5.74, 6) is 1.04. The second-order valence-corrected chi connectivity index (χ2v) is 7.00. The highest BCUT2D eigenvalue weighted by Crippen LogP contribution is 2.43.